The van der Waals surface area contributed by atoms with Gasteiger partial charge in [0.25, 0.3) is 0 Å². The average molecular weight is 382 g/mol. The van der Waals surface area contributed by atoms with Gasteiger partial charge in [-0.1, -0.05) is 0 Å². The van der Waals surface area contributed by atoms with Crippen molar-refractivity contribution in [1.29, 1.82) is 0 Å². The van der Waals surface area contributed by atoms with Gasteiger partial charge in [0.2, 0.25) is 0 Å². The van der Waals surface area contributed by atoms with Crippen molar-refractivity contribution in [3.8, 4) is 0 Å². The van der Waals surface area contributed by atoms with E-state index in [1.807, 2.05) is 20.8 Å². The number of hydrogen-bond donors (Lipinski definition) is 2. The summed E-state index contributed by atoms with van der Waals surface area (Å²) in [5, 5.41) is 6.60. The molecule has 7 heteroatoms. The van der Waals surface area contributed by atoms with Crippen LogP contribution < -0.4 is 10.6 Å². The summed E-state index contributed by atoms with van der Waals surface area (Å²) in [6.45, 7) is 10.6. The van der Waals surface area contributed by atoms with Crippen molar-refractivity contribution in [3.63, 3.8) is 0 Å². The average Bonchev–Trinajstić information content (AvgIpc) is 2.63. The van der Waals surface area contributed by atoms with Crippen LogP contribution in [0.5, 0.6) is 0 Å². The number of piperidine rings is 1. The third-order valence-corrected chi connectivity index (χ3v) is 4.55. The van der Waals surface area contributed by atoms with Crippen molar-refractivity contribution in [2.45, 2.75) is 52.3 Å². The van der Waals surface area contributed by atoms with Gasteiger partial charge in [-0.25, -0.2) is 13.8 Å². The first-order chi connectivity index (χ1) is 13.0. The minimum Gasteiger partial charge on any atom is -0.377 e. The monoisotopic (exact) mass is 382 g/mol. The van der Waals surface area contributed by atoms with Crippen LogP contribution in [0, 0.1) is 11.6 Å². The number of nitrogens with one attached hydrogen (secondary N) is 2. The van der Waals surface area contributed by atoms with E-state index in [-0.39, 0.29) is 18.2 Å². The SMILES string of the molecule is CCNC(=NCc1cc(F)ccc1F)NC1CCN(CCOC(C)C)CC1. The molecule has 1 aromatic carbocycles. The Hall–Kier alpha value is -1.73. The molecule has 0 radical (unpaired) electrons. The van der Waals surface area contributed by atoms with Gasteiger partial charge in [0.15, 0.2) is 5.96 Å². The molecule has 0 spiro atoms. The number of halogens is 2. The first kappa shape index (κ1) is 21.6. The van der Waals surface area contributed by atoms with Gasteiger partial charge in [-0.05, 0) is 51.8 Å². The van der Waals surface area contributed by atoms with Gasteiger partial charge in [-0.15, -0.1) is 0 Å². The maximum Gasteiger partial charge on any atom is 0.191 e. The number of benzene rings is 1. The Morgan fingerprint density at radius 3 is 2.70 bits per heavy atom. The van der Waals surface area contributed by atoms with Gasteiger partial charge in [-0.2, -0.15) is 0 Å². The first-order valence-electron chi connectivity index (χ1n) is 9.80. The van der Waals surface area contributed by atoms with Crippen LogP contribution in [0.3, 0.4) is 0 Å². The van der Waals surface area contributed by atoms with Crippen LogP contribution in [0.1, 0.15) is 39.2 Å². The van der Waals surface area contributed by atoms with E-state index in [9.17, 15) is 8.78 Å². The smallest absolute Gasteiger partial charge is 0.191 e. The largest absolute Gasteiger partial charge is 0.377 e. The minimum absolute atomic E-state index is 0.102. The summed E-state index contributed by atoms with van der Waals surface area (Å²) in [5.74, 6) is -0.246. The fraction of sp³-hybridized carbons (Fsp3) is 0.650. The maximum atomic E-state index is 13.8. The summed E-state index contributed by atoms with van der Waals surface area (Å²) >= 11 is 0. The standard InChI is InChI=1S/C20H32F2N4O/c1-4-23-20(24-14-16-13-17(21)5-6-19(16)22)25-18-7-9-26(10-8-18)11-12-27-15(2)3/h5-6,13,15,18H,4,7-12,14H2,1-3H3,(H2,23,24,25). The molecule has 1 saturated heterocycles. The number of likely N-dealkylation sites (tertiary alicyclic amines) is 1. The highest BCUT2D eigenvalue weighted by Gasteiger charge is 2.19. The van der Waals surface area contributed by atoms with Crippen molar-refractivity contribution in [1.82, 2.24) is 15.5 Å². The molecule has 0 aromatic heterocycles. The van der Waals surface area contributed by atoms with Gasteiger partial charge in [-0.3, -0.25) is 0 Å². The highest BCUT2D eigenvalue weighted by Crippen LogP contribution is 2.12. The molecule has 27 heavy (non-hydrogen) atoms. The third kappa shape index (κ3) is 7.81. The number of ether oxygens (including phenoxy) is 1. The van der Waals surface area contributed by atoms with E-state index in [1.165, 1.54) is 6.07 Å². The lowest BCUT2D eigenvalue weighted by atomic mass is 10.1. The van der Waals surface area contributed by atoms with E-state index < -0.39 is 11.6 Å². The Bertz CT molecular complexity index is 602. The molecule has 5 nitrogen and oxygen atoms in total. The molecule has 1 heterocycles. The number of guanidine groups is 1. The van der Waals surface area contributed by atoms with Crippen LogP contribution >= 0.6 is 0 Å². The zero-order chi connectivity index (χ0) is 19.6. The van der Waals surface area contributed by atoms with Crippen molar-refractivity contribution in [2.24, 2.45) is 4.99 Å². The lowest BCUT2D eigenvalue weighted by Gasteiger charge is -2.33. The molecule has 1 fully saturated rings. The third-order valence-electron chi connectivity index (χ3n) is 4.55. The van der Waals surface area contributed by atoms with Crippen molar-refractivity contribution in [2.75, 3.05) is 32.8 Å². The van der Waals surface area contributed by atoms with Crippen LogP contribution in [0.25, 0.3) is 0 Å². The molecule has 0 bridgehead atoms. The molecule has 2 rings (SSSR count). The number of nitrogens with zero attached hydrogens (tertiary/aromatic N) is 2. The topological polar surface area (TPSA) is 48.9 Å². The van der Waals surface area contributed by atoms with Crippen LogP contribution in [0.15, 0.2) is 23.2 Å². The Labute approximate surface area is 161 Å². The highest BCUT2D eigenvalue weighted by atomic mass is 19.1. The van der Waals surface area contributed by atoms with E-state index in [1.54, 1.807) is 0 Å². The van der Waals surface area contributed by atoms with Crippen LogP contribution in [0.4, 0.5) is 8.78 Å². The summed E-state index contributed by atoms with van der Waals surface area (Å²) in [4.78, 5) is 6.83. The van der Waals surface area contributed by atoms with Crippen molar-refractivity contribution < 1.29 is 13.5 Å². The normalized spacial score (nSPS) is 16.7. The second kappa shape index (κ2) is 11.2. The van der Waals surface area contributed by atoms with Crippen molar-refractivity contribution in [3.05, 3.63) is 35.4 Å². The van der Waals surface area contributed by atoms with Gasteiger partial charge < -0.3 is 20.3 Å². The molecule has 1 aliphatic heterocycles. The van der Waals surface area contributed by atoms with Crippen LogP contribution in [-0.2, 0) is 11.3 Å². The lowest BCUT2D eigenvalue weighted by molar-refractivity contribution is 0.0532. The maximum absolute atomic E-state index is 13.8. The quantitative estimate of drug-likeness (QED) is 0.536. The fourth-order valence-corrected chi connectivity index (χ4v) is 3.06. The second-order valence-corrected chi connectivity index (χ2v) is 7.11. The van der Waals surface area contributed by atoms with Gasteiger partial charge >= 0.3 is 0 Å². The van der Waals surface area contributed by atoms with Crippen molar-refractivity contribution >= 4 is 5.96 Å². The Morgan fingerprint density at radius 1 is 1.30 bits per heavy atom. The molecule has 0 atom stereocenters. The Kier molecular flexibility index (Phi) is 8.94. The lowest BCUT2D eigenvalue weighted by Crippen LogP contribution is -2.49. The zero-order valence-electron chi connectivity index (χ0n) is 16.6. The summed E-state index contributed by atoms with van der Waals surface area (Å²) in [6, 6.07) is 3.77. The molecule has 152 valence electrons. The summed E-state index contributed by atoms with van der Waals surface area (Å²) in [5.41, 5.74) is 0.257. The molecule has 0 amide bonds. The van der Waals surface area contributed by atoms with Gasteiger partial charge in [0, 0.05) is 37.8 Å². The summed E-state index contributed by atoms with van der Waals surface area (Å²) < 4.78 is 32.7. The van der Waals surface area contributed by atoms with E-state index >= 15 is 0 Å². The first-order valence-corrected chi connectivity index (χ1v) is 9.80. The minimum atomic E-state index is -0.451. The predicted molar refractivity (Wildman–Crippen MR) is 105 cm³/mol. The molecular formula is C20H32F2N4O. The second-order valence-electron chi connectivity index (χ2n) is 7.11. The molecule has 1 aromatic rings. The molecular weight excluding hydrogens is 350 g/mol. The van der Waals surface area contributed by atoms with Gasteiger partial charge in [0.05, 0.1) is 19.3 Å². The molecule has 1 aliphatic rings. The highest BCUT2D eigenvalue weighted by molar-refractivity contribution is 5.80. The summed E-state index contributed by atoms with van der Waals surface area (Å²) in [6.07, 6.45) is 2.30. The van der Waals surface area contributed by atoms with Crippen LogP contribution in [0.2, 0.25) is 0 Å². The Balaban J connectivity index is 1.83. The number of rotatable bonds is 8. The molecule has 2 N–H and O–H groups in total. The molecule has 0 saturated carbocycles. The van der Waals surface area contributed by atoms with E-state index in [4.69, 9.17) is 4.74 Å². The molecule has 0 aliphatic carbocycles. The Morgan fingerprint density at radius 2 is 2.04 bits per heavy atom. The fourth-order valence-electron chi connectivity index (χ4n) is 3.06. The van der Waals surface area contributed by atoms with Gasteiger partial charge in [0.1, 0.15) is 11.6 Å². The molecule has 0 unspecified atom stereocenters. The summed E-state index contributed by atoms with van der Waals surface area (Å²) in [7, 11) is 0. The van der Waals surface area contributed by atoms with E-state index in [0.717, 1.165) is 51.2 Å². The number of hydrogen-bond acceptors (Lipinski definition) is 3. The van der Waals surface area contributed by atoms with E-state index in [0.29, 0.717) is 18.5 Å². The predicted octanol–water partition coefficient (Wildman–Crippen LogP) is 2.91. The number of aliphatic imine (C=N–C) groups is 1. The zero-order valence-corrected chi connectivity index (χ0v) is 16.6. The van der Waals surface area contributed by atoms with E-state index in [2.05, 4.69) is 20.5 Å². The van der Waals surface area contributed by atoms with Crippen LogP contribution in [-0.4, -0.2) is 55.8 Å².